The molecule has 0 fully saturated rings. The third kappa shape index (κ3) is 3.83. The van der Waals surface area contributed by atoms with Gasteiger partial charge in [0.25, 0.3) is 5.91 Å². The lowest BCUT2D eigenvalue weighted by Crippen LogP contribution is -2.24. The second-order valence-electron chi connectivity index (χ2n) is 5.23. The summed E-state index contributed by atoms with van der Waals surface area (Å²) >= 11 is 1.28. The van der Waals surface area contributed by atoms with Gasteiger partial charge in [0.05, 0.1) is 5.56 Å². The first-order valence-corrected chi connectivity index (χ1v) is 8.64. The zero-order valence-electron chi connectivity index (χ0n) is 14.0. The molecule has 1 atom stereocenters. The van der Waals surface area contributed by atoms with Gasteiger partial charge < -0.3 is 15.2 Å². The molecular formula is C18H21NO4S. The first-order chi connectivity index (χ1) is 11.5. The molecule has 0 aliphatic carbocycles. The van der Waals surface area contributed by atoms with Crippen molar-refractivity contribution in [3.8, 4) is 0 Å². The molecule has 0 bridgehead atoms. The molecule has 1 amide bonds. The molecule has 2 N–H and O–H groups in total. The van der Waals surface area contributed by atoms with Crippen LogP contribution in [0.2, 0.25) is 0 Å². The van der Waals surface area contributed by atoms with Crippen LogP contribution in [0.5, 0.6) is 0 Å². The predicted molar refractivity (Wildman–Crippen MR) is 94.8 cm³/mol. The van der Waals surface area contributed by atoms with Gasteiger partial charge in [-0.25, -0.2) is 4.79 Å². The zero-order valence-corrected chi connectivity index (χ0v) is 14.8. The minimum absolute atomic E-state index is 0.177. The van der Waals surface area contributed by atoms with Gasteiger partial charge in [0.2, 0.25) is 0 Å². The number of rotatable bonds is 7. The number of amides is 1. The number of hydrogen-bond acceptors (Lipinski definition) is 4. The molecule has 24 heavy (non-hydrogen) atoms. The largest absolute Gasteiger partial charge is 0.478 e. The number of aromatic carboxylic acids is 1. The molecule has 1 aromatic heterocycles. The van der Waals surface area contributed by atoms with Crippen LogP contribution in [0, 0.1) is 6.92 Å². The maximum Gasteiger partial charge on any atom is 0.339 e. The summed E-state index contributed by atoms with van der Waals surface area (Å²) in [5.74, 6) is -1.39. The highest BCUT2D eigenvalue weighted by molar-refractivity contribution is 7.16. The predicted octanol–water partition coefficient (Wildman–Crippen LogP) is 4.03. The smallest absolute Gasteiger partial charge is 0.339 e. The highest BCUT2D eigenvalue weighted by Crippen LogP contribution is 2.34. The molecule has 6 heteroatoms. The number of hydrogen-bond donors (Lipinski definition) is 2. The molecule has 1 heterocycles. The number of carbonyl (C=O) groups excluding carboxylic acids is 1. The van der Waals surface area contributed by atoms with E-state index in [1.54, 1.807) is 0 Å². The van der Waals surface area contributed by atoms with Gasteiger partial charge in [0.1, 0.15) is 5.00 Å². The average molecular weight is 347 g/mol. The van der Waals surface area contributed by atoms with Crippen molar-refractivity contribution >= 4 is 28.2 Å². The van der Waals surface area contributed by atoms with Gasteiger partial charge in [-0.3, -0.25) is 4.79 Å². The van der Waals surface area contributed by atoms with Crippen LogP contribution >= 0.6 is 11.3 Å². The van der Waals surface area contributed by atoms with E-state index in [2.05, 4.69) is 5.32 Å². The molecule has 0 aliphatic heterocycles. The Morgan fingerprint density at radius 1 is 1.25 bits per heavy atom. The Kier molecular flexibility index (Phi) is 6.11. The van der Waals surface area contributed by atoms with Crippen molar-refractivity contribution in [2.24, 2.45) is 0 Å². The van der Waals surface area contributed by atoms with Gasteiger partial charge in [-0.2, -0.15) is 0 Å². The highest BCUT2D eigenvalue weighted by Gasteiger charge is 2.26. The fourth-order valence-corrected chi connectivity index (χ4v) is 3.75. The molecular weight excluding hydrogens is 326 g/mol. The molecule has 5 nitrogen and oxygen atoms in total. The summed E-state index contributed by atoms with van der Waals surface area (Å²) in [5, 5.41) is 12.6. The van der Waals surface area contributed by atoms with Gasteiger partial charge >= 0.3 is 5.97 Å². The highest BCUT2D eigenvalue weighted by atomic mass is 32.1. The number of carbonyl (C=O) groups is 2. The van der Waals surface area contributed by atoms with Crippen LogP contribution in [-0.2, 0) is 16.0 Å². The summed E-state index contributed by atoms with van der Waals surface area (Å²) in [7, 11) is 0. The number of ether oxygens (including phenoxy) is 1. The second kappa shape index (κ2) is 8.08. The van der Waals surface area contributed by atoms with E-state index >= 15 is 0 Å². The number of benzene rings is 1. The zero-order chi connectivity index (χ0) is 17.7. The minimum Gasteiger partial charge on any atom is -0.478 e. The lowest BCUT2D eigenvalue weighted by Gasteiger charge is -2.17. The number of carboxylic acid groups (broad SMARTS) is 1. The lowest BCUT2D eigenvalue weighted by molar-refractivity contribution is -0.127. The summed E-state index contributed by atoms with van der Waals surface area (Å²) in [6, 6.07) is 9.16. The van der Waals surface area contributed by atoms with E-state index in [1.165, 1.54) is 11.3 Å². The molecule has 2 aromatic rings. The van der Waals surface area contributed by atoms with Crippen molar-refractivity contribution in [2.75, 3.05) is 11.9 Å². The van der Waals surface area contributed by atoms with Crippen molar-refractivity contribution in [1.82, 2.24) is 0 Å². The van der Waals surface area contributed by atoms with E-state index in [0.29, 0.717) is 18.0 Å². The van der Waals surface area contributed by atoms with Crippen LogP contribution in [0.1, 0.15) is 46.3 Å². The fourth-order valence-electron chi connectivity index (χ4n) is 2.61. The SMILES string of the molecule is CCOC(C(=O)Nc1sc(C)c(CC)c1C(=O)O)c1ccccc1. The lowest BCUT2D eigenvalue weighted by atomic mass is 10.1. The third-order valence-electron chi connectivity index (χ3n) is 3.69. The minimum atomic E-state index is -1.03. The number of anilines is 1. The molecule has 1 aromatic carbocycles. The summed E-state index contributed by atoms with van der Waals surface area (Å²) in [5.41, 5.74) is 1.67. The Morgan fingerprint density at radius 3 is 2.46 bits per heavy atom. The monoisotopic (exact) mass is 347 g/mol. The number of nitrogens with one attached hydrogen (secondary N) is 1. The Hall–Kier alpha value is -2.18. The standard InChI is InChI=1S/C18H21NO4S/c1-4-13-11(3)24-17(14(13)18(21)22)19-16(20)15(23-5-2)12-9-7-6-8-10-12/h6-10,15H,4-5H2,1-3H3,(H,19,20)(H,21,22). The van der Waals surface area contributed by atoms with Crippen LogP contribution in [-0.4, -0.2) is 23.6 Å². The van der Waals surface area contributed by atoms with Gasteiger partial charge in [-0.15, -0.1) is 11.3 Å². The number of thiophene rings is 1. The van der Waals surface area contributed by atoms with Gasteiger partial charge in [0, 0.05) is 11.5 Å². The quantitative estimate of drug-likeness (QED) is 0.793. The van der Waals surface area contributed by atoms with Gasteiger partial charge in [-0.1, -0.05) is 37.3 Å². The van der Waals surface area contributed by atoms with Crippen molar-refractivity contribution in [3.05, 3.63) is 51.9 Å². The summed E-state index contributed by atoms with van der Waals surface area (Å²) in [6.45, 7) is 5.96. The van der Waals surface area contributed by atoms with Gasteiger partial charge in [-0.05, 0) is 31.4 Å². The number of aryl methyl sites for hydroxylation is 1. The second-order valence-corrected chi connectivity index (χ2v) is 6.46. The molecule has 0 spiro atoms. The molecule has 0 radical (unpaired) electrons. The van der Waals surface area contributed by atoms with Crippen molar-refractivity contribution in [3.63, 3.8) is 0 Å². The van der Waals surface area contributed by atoms with Crippen LogP contribution < -0.4 is 5.32 Å². The summed E-state index contributed by atoms with van der Waals surface area (Å²) < 4.78 is 5.57. The Bertz CT molecular complexity index is 724. The van der Waals surface area contributed by atoms with Crippen LogP contribution in [0.15, 0.2) is 30.3 Å². The Morgan fingerprint density at radius 2 is 1.92 bits per heavy atom. The van der Waals surface area contributed by atoms with E-state index in [4.69, 9.17) is 4.74 Å². The molecule has 0 aliphatic rings. The molecule has 2 rings (SSSR count). The van der Waals surface area contributed by atoms with E-state index in [1.807, 2.05) is 51.1 Å². The maximum absolute atomic E-state index is 12.7. The first kappa shape index (κ1) is 18.2. The van der Waals surface area contributed by atoms with Crippen molar-refractivity contribution in [1.29, 1.82) is 0 Å². The normalized spacial score (nSPS) is 12.0. The van der Waals surface area contributed by atoms with Crippen LogP contribution in [0.3, 0.4) is 0 Å². The average Bonchev–Trinajstić information content (AvgIpc) is 2.88. The van der Waals surface area contributed by atoms with Gasteiger partial charge in [0.15, 0.2) is 6.10 Å². The molecule has 0 saturated heterocycles. The Balaban J connectivity index is 2.32. The van der Waals surface area contributed by atoms with E-state index in [0.717, 1.165) is 16.0 Å². The van der Waals surface area contributed by atoms with E-state index in [-0.39, 0.29) is 11.5 Å². The Labute approximate surface area is 145 Å². The molecule has 0 saturated carbocycles. The van der Waals surface area contributed by atoms with E-state index in [9.17, 15) is 14.7 Å². The van der Waals surface area contributed by atoms with Crippen molar-refractivity contribution < 1.29 is 19.4 Å². The summed E-state index contributed by atoms with van der Waals surface area (Å²) in [4.78, 5) is 25.2. The molecule has 1 unspecified atom stereocenters. The van der Waals surface area contributed by atoms with Crippen LogP contribution in [0.4, 0.5) is 5.00 Å². The third-order valence-corrected chi connectivity index (χ3v) is 4.75. The fraction of sp³-hybridized carbons (Fsp3) is 0.333. The first-order valence-electron chi connectivity index (χ1n) is 7.82. The number of carboxylic acids is 1. The summed E-state index contributed by atoms with van der Waals surface area (Å²) in [6.07, 6.45) is -0.168. The molecule has 128 valence electrons. The van der Waals surface area contributed by atoms with Crippen LogP contribution in [0.25, 0.3) is 0 Å². The van der Waals surface area contributed by atoms with Crippen molar-refractivity contribution in [2.45, 2.75) is 33.3 Å². The van der Waals surface area contributed by atoms with E-state index < -0.39 is 12.1 Å². The maximum atomic E-state index is 12.7. The topological polar surface area (TPSA) is 75.6 Å².